The molecule has 0 amide bonds. The first-order valence-corrected chi connectivity index (χ1v) is 5.39. The number of aromatic amines is 1. The molecule has 0 bridgehead atoms. The van der Waals surface area contributed by atoms with Crippen LogP contribution in [0.25, 0.3) is 0 Å². The minimum absolute atomic E-state index is 0.532. The summed E-state index contributed by atoms with van der Waals surface area (Å²) in [7, 11) is 0. The maximum atomic E-state index is 4.97. The Morgan fingerprint density at radius 1 is 1.43 bits per heavy atom. The van der Waals surface area contributed by atoms with Gasteiger partial charge in [-0.1, -0.05) is 24.2 Å². The van der Waals surface area contributed by atoms with Crippen molar-refractivity contribution in [3.8, 4) is 0 Å². The van der Waals surface area contributed by atoms with Crippen molar-refractivity contribution in [2.45, 2.75) is 26.8 Å². The monoisotopic (exact) mass is 215 g/mol. The molecule has 1 N–H and O–H groups in total. The summed E-state index contributed by atoms with van der Waals surface area (Å²) in [5.41, 5.74) is 0. The Labute approximate surface area is 89.1 Å². The second-order valence-electron chi connectivity index (χ2n) is 3.11. The first kappa shape index (κ1) is 11.3. The van der Waals surface area contributed by atoms with Gasteiger partial charge in [0, 0.05) is 6.54 Å². The maximum Gasteiger partial charge on any atom is 0.238 e. The minimum Gasteiger partial charge on any atom is -0.304 e. The van der Waals surface area contributed by atoms with E-state index in [4.69, 9.17) is 12.2 Å². The summed E-state index contributed by atoms with van der Waals surface area (Å²) in [6.07, 6.45) is 1.07. The number of nitrogens with one attached hydrogen (secondary N) is 1. The molecule has 80 valence electrons. The van der Waals surface area contributed by atoms with Crippen molar-refractivity contribution in [2.75, 3.05) is 19.6 Å². The lowest BCUT2D eigenvalue weighted by Crippen LogP contribution is -2.25. The van der Waals surface area contributed by atoms with Crippen LogP contribution in [0.3, 0.4) is 0 Å². The lowest BCUT2D eigenvalue weighted by atomic mass is 10.3. The van der Waals surface area contributed by atoms with E-state index in [1.807, 2.05) is 0 Å². The maximum absolute atomic E-state index is 4.97. The first-order valence-electron chi connectivity index (χ1n) is 4.98. The van der Waals surface area contributed by atoms with Crippen LogP contribution in [0.4, 0.5) is 0 Å². The van der Waals surface area contributed by atoms with Crippen molar-refractivity contribution in [1.82, 2.24) is 25.1 Å². The number of tetrazole rings is 1. The van der Waals surface area contributed by atoms with Crippen LogP contribution in [0.1, 0.15) is 20.3 Å². The molecule has 14 heavy (non-hydrogen) atoms. The van der Waals surface area contributed by atoms with Crippen LogP contribution in [0.2, 0.25) is 0 Å². The summed E-state index contributed by atoms with van der Waals surface area (Å²) in [5.74, 6) is 0. The summed E-state index contributed by atoms with van der Waals surface area (Å²) in [6, 6.07) is 0. The second-order valence-corrected chi connectivity index (χ2v) is 3.48. The van der Waals surface area contributed by atoms with Gasteiger partial charge in [0.15, 0.2) is 0 Å². The Bertz CT molecular complexity index is 301. The lowest BCUT2D eigenvalue weighted by Gasteiger charge is -2.17. The highest BCUT2D eigenvalue weighted by molar-refractivity contribution is 7.71. The Hall–Kier alpha value is -0.750. The average Bonchev–Trinajstić information content (AvgIpc) is 2.59. The van der Waals surface area contributed by atoms with Gasteiger partial charge in [0.25, 0.3) is 0 Å². The molecule has 1 aromatic heterocycles. The lowest BCUT2D eigenvalue weighted by molar-refractivity contribution is 0.290. The van der Waals surface area contributed by atoms with Crippen molar-refractivity contribution in [3.05, 3.63) is 4.77 Å². The number of aromatic nitrogens is 4. The summed E-state index contributed by atoms with van der Waals surface area (Å²) in [4.78, 5) is 2.38. The fourth-order valence-corrected chi connectivity index (χ4v) is 1.53. The molecule has 0 unspecified atom stereocenters. The molecule has 0 aliphatic carbocycles. The molecule has 0 saturated carbocycles. The smallest absolute Gasteiger partial charge is 0.238 e. The van der Waals surface area contributed by atoms with E-state index < -0.39 is 0 Å². The van der Waals surface area contributed by atoms with Gasteiger partial charge in [-0.3, -0.25) is 0 Å². The SMILES string of the molecule is CCN(CC)CCCn1[nH]nnc1=S. The largest absolute Gasteiger partial charge is 0.304 e. The van der Waals surface area contributed by atoms with E-state index in [2.05, 4.69) is 34.3 Å². The first-order chi connectivity index (χ1) is 6.77. The summed E-state index contributed by atoms with van der Waals surface area (Å²) in [6.45, 7) is 8.50. The van der Waals surface area contributed by atoms with Crippen molar-refractivity contribution in [1.29, 1.82) is 0 Å². The molecule has 0 fully saturated rings. The zero-order chi connectivity index (χ0) is 10.4. The zero-order valence-electron chi connectivity index (χ0n) is 8.73. The van der Waals surface area contributed by atoms with Crippen LogP contribution in [-0.2, 0) is 6.54 Å². The molecular formula is C8H17N5S. The molecule has 0 radical (unpaired) electrons. The number of aryl methyl sites for hydroxylation is 1. The van der Waals surface area contributed by atoms with Gasteiger partial charge in [0.05, 0.1) is 0 Å². The van der Waals surface area contributed by atoms with Gasteiger partial charge >= 0.3 is 0 Å². The molecule has 0 atom stereocenters. The molecule has 5 nitrogen and oxygen atoms in total. The van der Waals surface area contributed by atoms with Crippen LogP contribution in [-0.4, -0.2) is 44.7 Å². The van der Waals surface area contributed by atoms with E-state index in [0.29, 0.717) is 4.77 Å². The van der Waals surface area contributed by atoms with Gasteiger partial charge in [-0.2, -0.15) is 5.21 Å². The molecule has 0 spiro atoms. The van der Waals surface area contributed by atoms with Gasteiger partial charge in [-0.25, -0.2) is 4.68 Å². The van der Waals surface area contributed by atoms with Crippen LogP contribution < -0.4 is 0 Å². The fourth-order valence-electron chi connectivity index (χ4n) is 1.35. The van der Waals surface area contributed by atoms with E-state index in [-0.39, 0.29) is 0 Å². The van der Waals surface area contributed by atoms with E-state index in [9.17, 15) is 0 Å². The minimum atomic E-state index is 0.532. The molecule has 0 aliphatic heterocycles. The summed E-state index contributed by atoms with van der Waals surface area (Å²) >= 11 is 4.97. The van der Waals surface area contributed by atoms with Gasteiger partial charge in [-0.15, -0.1) is 0 Å². The Balaban J connectivity index is 2.28. The number of rotatable bonds is 6. The fraction of sp³-hybridized carbons (Fsp3) is 0.875. The van der Waals surface area contributed by atoms with Crippen molar-refractivity contribution < 1.29 is 0 Å². The molecule has 6 heteroatoms. The van der Waals surface area contributed by atoms with Crippen LogP contribution in [0.5, 0.6) is 0 Å². The third kappa shape index (κ3) is 3.19. The van der Waals surface area contributed by atoms with Gasteiger partial charge in [0.1, 0.15) is 0 Å². The predicted octanol–water partition coefficient (Wildman–Crippen LogP) is 1.07. The van der Waals surface area contributed by atoms with Crippen molar-refractivity contribution in [2.24, 2.45) is 0 Å². The normalized spacial score (nSPS) is 11.1. The van der Waals surface area contributed by atoms with Crippen molar-refractivity contribution in [3.63, 3.8) is 0 Å². The Kier molecular flexibility index (Phi) is 4.75. The standard InChI is InChI=1S/C8H17N5S/c1-3-12(4-2)6-5-7-13-8(14)9-10-11-13/h3-7H2,1-2H3,(H,9,11,14). The summed E-state index contributed by atoms with van der Waals surface area (Å²) in [5, 5.41) is 10.1. The quantitative estimate of drug-likeness (QED) is 0.721. The van der Waals surface area contributed by atoms with Crippen molar-refractivity contribution >= 4 is 12.2 Å². The highest BCUT2D eigenvalue weighted by Gasteiger charge is 1.99. The number of hydrogen-bond acceptors (Lipinski definition) is 4. The molecular weight excluding hydrogens is 198 g/mol. The number of nitrogens with zero attached hydrogens (tertiary/aromatic N) is 4. The van der Waals surface area contributed by atoms with Crippen LogP contribution in [0.15, 0.2) is 0 Å². The molecule has 1 rings (SSSR count). The number of H-pyrrole nitrogens is 1. The van der Waals surface area contributed by atoms with Crippen LogP contribution in [0, 0.1) is 4.77 Å². The second kappa shape index (κ2) is 5.87. The van der Waals surface area contributed by atoms with E-state index >= 15 is 0 Å². The van der Waals surface area contributed by atoms with Crippen LogP contribution >= 0.6 is 12.2 Å². The Morgan fingerprint density at radius 2 is 2.14 bits per heavy atom. The molecule has 0 saturated heterocycles. The third-order valence-electron chi connectivity index (χ3n) is 2.28. The van der Waals surface area contributed by atoms with Gasteiger partial charge in [0.2, 0.25) is 4.77 Å². The predicted molar refractivity (Wildman–Crippen MR) is 57.6 cm³/mol. The highest BCUT2D eigenvalue weighted by Crippen LogP contribution is 1.93. The highest BCUT2D eigenvalue weighted by atomic mass is 32.1. The zero-order valence-corrected chi connectivity index (χ0v) is 9.55. The number of hydrogen-bond donors (Lipinski definition) is 1. The molecule has 1 heterocycles. The van der Waals surface area contributed by atoms with Gasteiger partial charge in [-0.05, 0) is 38.3 Å². The summed E-state index contributed by atoms with van der Waals surface area (Å²) < 4.78 is 2.32. The molecule has 1 aromatic rings. The van der Waals surface area contributed by atoms with E-state index in [1.54, 1.807) is 4.68 Å². The molecule has 0 aliphatic rings. The third-order valence-corrected chi connectivity index (χ3v) is 2.58. The van der Waals surface area contributed by atoms with E-state index in [0.717, 1.165) is 32.6 Å². The topological polar surface area (TPSA) is 49.7 Å². The van der Waals surface area contributed by atoms with Gasteiger partial charge < -0.3 is 4.90 Å². The Morgan fingerprint density at radius 3 is 2.64 bits per heavy atom. The van der Waals surface area contributed by atoms with E-state index in [1.165, 1.54) is 0 Å². The molecule has 0 aromatic carbocycles. The average molecular weight is 215 g/mol.